The number of nitrogens with one attached hydrogen (secondary N) is 2. The zero-order valence-corrected chi connectivity index (χ0v) is 16.4. The van der Waals surface area contributed by atoms with Gasteiger partial charge < -0.3 is 10.6 Å². The number of rotatable bonds is 6. The van der Waals surface area contributed by atoms with Crippen LogP contribution < -0.4 is 10.6 Å². The molecule has 0 aliphatic carbocycles. The molecule has 2 saturated heterocycles. The summed E-state index contributed by atoms with van der Waals surface area (Å²) in [6.45, 7) is 8.68. The van der Waals surface area contributed by atoms with Crippen LogP contribution in [-0.2, 0) is 11.3 Å². The summed E-state index contributed by atoms with van der Waals surface area (Å²) >= 11 is 0. The van der Waals surface area contributed by atoms with Crippen molar-refractivity contribution in [3.8, 4) is 0 Å². The second kappa shape index (κ2) is 8.98. The van der Waals surface area contributed by atoms with Crippen LogP contribution in [0.4, 0.5) is 0 Å². The van der Waals surface area contributed by atoms with E-state index in [1.165, 1.54) is 18.4 Å². The summed E-state index contributed by atoms with van der Waals surface area (Å²) in [7, 11) is 1.74. The molecule has 1 aromatic rings. The molecule has 0 aromatic heterocycles. The molecule has 2 heterocycles. The lowest BCUT2D eigenvalue weighted by atomic mass is 10.0. The van der Waals surface area contributed by atoms with Gasteiger partial charge in [0.05, 0.1) is 6.04 Å². The fourth-order valence-electron chi connectivity index (χ4n) is 4.41. The van der Waals surface area contributed by atoms with E-state index in [2.05, 4.69) is 64.6 Å². The van der Waals surface area contributed by atoms with Gasteiger partial charge in [-0.2, -0.15) is 0 Å². The number of piperidine rings is 1. The SMILES string of the molecule is CNC(=O)[C@@H]1C[C@@H](NC2CCN(Cc3ccccc3)CC2)CN1C(C)C. The number of hydrogen-bond donors (Lipinski definition) is 2. The number of nitrogens with zero attached hydrogens (tertiary/aromatic N) is 2. The van der Waals surface area contributed by atoms with E-state index in [4.69, 9.17) is 0 Å². The van der Waals surface area contributed by atoms with Crippen molar-refractivity contribution in [2.75, 3.05) is 26.7 Å². The number of likely N-dealkylation sites (N-methyl/N-ethyl adjacent to an activating group) is 1. The number of amides is 1. The maximum atomic E-state index is 12.2. The van der Waals surface area contributed by atoms with Crippen LogP contribution in [0.15, 0.2) is 30.3 Å². The molecular weight excluding hydrogens is 324 g/mol. The molecule has 26 heavy (non-hydrogen) atoms. The average Bonchev–Trinajstić information content (AvgIpc) is 3.08. The van der Waals surface area contributed by atoms with Crippen molar-refractivity contribution in [2.45, 2.75) is 63.8 Å². The fourth-order valence-corrected chi connectivity index (χ4v) is 4.41. The quantitative estimate of drug-likeness (QED) is 0.815. The minimum absolute atomic E-state index is 0.00988. The van der Waals surface area contributed by atoms with Crippen molar-refractivity contribution in [1.29, 1.82) is 0 Å². The highest BCUT2D eigenvalue weighted by molar-refractivity contribution is 5.81. The Hall–Kier alpha value is -1.43. The molecule has 2 aliphatic rings. The van der Waals surface area contributed by atoms with Gasteiger partial charge in [0, 0.05) is 38.3 Å². The summed E-state index contributed by atoms with van der Waals surface area (Å²) in [5.74, 6) is 0.153. The van der Waals surface area contributed by atoms with Crippen LogP contribution in [-0.4, -0.2) is 66.6 Å². The van der Waals surface area contributed by atoms with Crippen LogP contribution in [0.1, 0.15) is 38.7 Å². The number of likely N-dealkylation sites (tertiary alicyclic amines) is 2. The van der Waals surface area contributed by atoms with Gasteiger partial charge in [-0.25, -0.2) is 0 Å². The molecule has 0 spiro atoms. The first-order valence-electron chi connectivity index (χ1n) is 10.1. The standard InChI is InChI=1S/C21H34N4O/c1-16(2)25-15-19(13-20(25)21(26)22-3)23-18-9-11-24(12-10-18)14-17-7-5-4-6-8-17/h4-8,16,18-20,23H,9-15H2,1-3H3,(H,22,26)/t19-,20+/m1/s1. The van der Waals surface area contributed by atoms with Gasteiger partial charge in [0.15, 0.2) is 0 Å². The predicted molar refractivity (Wildman–Crippen MR) is 106 cm³/mol. The maximum absolute atomic E-state index is 12.2. The Morgan fingerprint density at radius 2 is 1.85 bits per heavy atom. The second-order valence-electron chi connectivity index (χ2n) is 8.06. The molecule has 0 bridgehead atoms. The van der Waals surface area contributed by atoms with Crippen LogP contribution in [0.3, 0.4) is 0 Å². The Bertz CT molecular complexity index is 569. The molecule has 1 aromatic carbocycles. The molecule has 2 fully saturated rings. The molecule has 0 radical (unpaired) electrons. The van der Waals surface area contributed by atoms with Gasteiger partial charge in [0.25, 0.3) is 0 Å². The molecule has 5 nitrogen and oxygen atoms in total. The molecular formula is C21H34N4O. The largest absolute Gasteiger partial charge is 0.358 e. The number of carbonyl (C=O) groups is 1. The Kier molecular flexibility index (Phi) is 6.68. The van der Waals surface area contributed by atoms with Gasteiger partial charge in [-0.3, -0.25) is 14.6 Å². The normalized spacial score (nSPS) is 25.7. The van der Waals surface area contributed by atoms with Crippen LogP contribution in [0.5, 0.6) is 0 Å². The highest BCUT2D eigenvalue weighted by Gasteiger charge is 2.38. The van der Waals surface area contributed by atoms with Gasteiger partial charge in [-0.05, 0) is 51.8 Å². The monoisotopic (exact) mass is 358 g/mol. The summed E-state index contributed by atoms with van der Waals surface area (Å²) in [5.41, 5.74) is 1.40. The molecule has 2 aliphatic heterocycles. The van der Waals surface area contributed by atoms with E-state index >= 15 is 0 Å². The topological polar surface area (TPSA) is 47.6 Å². The van der Waals surface area contributed by atoms with E-state index in [1.54, 1.807) is 7.05 Å². The van der Waals surface area contributed by atoms with Crippen molar-refractivity contribution in [2.24, 2.45) is 0 Å². The number of hydrogen-bond acceptors (Lipinski definition) is 4. The number of benzene rings is 1. The van der Waals surface area contributed by atoms with Crippen molar-refractivity contribution < 1.29 is 4.79 Å². The zero-order valence-electron chi connectivity index (χ0n) is 16.4. The predicted octanol–water partition coefficient (Wildman–Crippen LogP) is 1.84. The Morgan fingerprint density at radius 3 is 2.46 bits per heavy atom. The zero-order chi connectivity index (χ0) is 18.5. The van der Waals surface area contributed by atoms with Gasteiger partial charge in [-0.15, -0.1) is 0 Å². The van der Waals surface area contributed by atoms with Crippen LogP contribution in [0.2, 0.25) is 0 Å². The van der Waals surface area contributed by atoms with Gasteiger partial charge in [0.2, 0.25) is 5.91 Å². The third kappa shape index (κ3) is 4.84. The second-order valence-corrected chi connectivity index (χ2v) is 8.06. The Balaban J connectivity index is 1.46. The molecule has 1 amide bonds. The molecule has 5 heteroatoms. The lowest BCUT2D eigenvalue weighted by Crippen LogP contribution is -2.47. The summed E-state index contributed by atoms with van der Waals surface area (Å²) in [4.78, 5) is 17.1. The minimum Gasteiger partial charge on any atom is -0.358 e. The van der Waals surface area contributed by atoms with Crippen molar-refractivity contribution in [3.05, 3.63) is 35.9 Å². The first-order valence-corrected chi connectivity index (χ1v) is 10.1. The van der Waals surface area contributed by atoms with E-state index < -0.39 is 0 Å². The van der Waals surface area contributed by atoms with Crippen LogP contribution in [0, 0.1) is 0 Å². The van der Waals surface area contributed by atoms with Crippen LogP contribution in [0.25, 0.3) is 0 Å². The highest BCUT2D eigenvalue weighted by Crippen LogP contribution is 2.23. The average molecular weight is 359 g/mol. The first kappa shape index (κ1) is 19.3. The Labute approximate surface area is 158 Å². The van der Waals surface area contributed by atoms with Gasteiger partial charge in [0.1, 0.15) is 0 Å². The third-order valence-corrected chi connectivity index (χ3v) is 5.86. The summed E-state index contributed by atoms with van der Waals surface area (Å²) in [6, 6.07) is 12.1. The number of carbonyl (C=O) groups excluding carboxylic acids is 1. The Morgan fingerprint density at radius 1 is 1.15 bits per heavy atom. The maximum Gasteiger partial charge on any atom is 0.237 e. The highest BCUT2D eigenvalue weighted by atomic mass is 16.2. The third-order valence-electron chi connectivity index (χ3n) is 5.86. The van der Waals surface area contributed by atoms with Gasteiger partial charge >= 0.3 is 0 Å². The lowest BCUT2D eigenvalue weighted by molar-refractivity contribution is -0.125. The summed E-state index contributed by atoms with van der Waals surface area (Å²) in [5, 5.41) is 6.68. The van der Waals surface area contributed by atoms with Crippen molar-refractivity contribution in [1.82, 2.24) is 20.4 Å². The van der Waals surface area contributed by atoms with Gasteiger partial charge in [-0.1, -0.05) is 30.3 Å². The lowest BCUT2D eigenvalue weighted by Gasteiger charge is -2.34. The molecule has 144 valence electrons. The fraction of sp³-hybridized carbons (Fsp3) is 0.667. The minimum atomic E-state index is 0.00988. The van der Waals surface area contributed by atoms with E-state index in [1.807, 2.05) is 0 Å². The molecule has 2 N–H and O–H groups in total. The molecule has 0 saturated carbocycles. The molecule has 2 atom stereocenters. The van der Waals surface area contributed by atoms with E-state index in [-0.39, 0.29) is 11.9 Å². The smallest absolute Gasteiger partial charge is 0.237 e. The first-order chi connectivity index (χ1) is 12.6. The van der Waals surface area contributed by atoms with Crippen LogP contribution >= 0.6 is 0 Å². The van der Waals surface area contributed by atoms with E-state index in [0.29, 0.717) is 18.1 Å². The summed E-state index contributed by atoms with van der Waals surface area (Å²) in [6.07, 6.45) is 3.30. The molecule has 3 rings (SSSR count). The van der Waals surface area contributed by atoms with E-state index in [0.717, 1.165) is 32.6 Å². The van der Waals surface area contributed by atoms with E-state index in [9.17, 15) is 4.79 Å². The summed E-state index contributed by atoms with van der Waals surface area (Å²) < 4.78 is 0. The molecule has 0 unspecified atom stereocenters. The van der Waals surface area contributed by atoms with Crippen molar-refractivity contribution >= 4 is 5.91 Å². The van der Waals surface area contributed by atoms with Crippen molar-refractivity contribution in [3.63, 3.8) is 0 Å².